The van der Waals surface area contributed by atoms with Gasteiger partial charge in [-0.25, -0.2) is 4.39 Å². The minimum Gasteiger partial charge on any atom is -0.489 e. The molecule has 3 nitrogen and oxygen atoms in total. The third kappa shape index (κ3) is 3.91. The quantitative estimate of drug-likeness (QED) is 0.888. The number of hydrogen-bond donors (Lipinski definition) is 1. The molecule has 1 unspecified atom stereocenters. The van der Waals surface area contributed by atoms with Crippen LogP contribution in [0.3, 0.4) is 0 Å². The van der Waals surface area contributed by atoms with E-state index >= 15 is 0 Å². The molecule has 0 radical (unpaired) electrons. The lowest BCUT2D eigenvalue weighted by atomic mass is 9.90. The normalized spacial score (nSPS) is 19.3. The van der Waals surface area contributed by atoms with Crippen molar-refractivity contribution in [2.45, 2.75) is 25.8 Å². The van der Waals surface area contributed by atoms with E-state index < -0.39 is 0 Å². The van der Waals surface area contributed by atoms with E-state index in [1.54, 1.807) is 18.2 Å². The van der Waals surface area contributed by atoms with Gasteiger partial charge in [0.15, 0.2) is 11.6 Å². The summed E-state index contributed by atoms with van der Waals surface area (Å²) in [6.45, 7) is 5.89. The summed E-state index contributed by atoms with van der Waals surface area (Å²) in [4.78, 5) is 2.43. The topological polar surface area (TPSA) is 38.5 Å². The number of para-hydroxylation sites is 1. The van der Waals surface area contributed by atoms with Crippen LogP contribution in [-0.4, -0.2) is 37.2 Å². The van der Waals surface area contributed by atoms with Crippen LogP contribution in [0, 0.1) is 11.7 Å². The zero-order chi connectivity index (χ0) is 13.7. The van der Waals surface area contributed by atoms with Gasteiger partial charge >= 0.3 is 0 Å². The van der Waals surface area contributed by atoms with Crippen molar-refractivity contribution in [2.75, 3.05) is 26.2 Å². The fourth-order valence-electron chi connectivity index (χ4n) is 2.58. The summed E-state index contributed by atoms with van der Waals surface area (Å²) in [5.74, 6) is 0.453. The molecule has 2 rings (SSSR count). The largest absolute Gasteiger partial charge is 0.489 e. The third-order valence-corrected chi connectivity index (χ3v) is 3.95. The Morgan fingerprint density at radius 2 is 2.05 bits per heavy atom. The smallest absolute Gasteiger partial charge is 0.165 e. The maximum Gasteiger partial charge on any atom is 0.165 e. The van der Waals surface area contributed by atoms with Crippen LogP contribution < -0.4 is 10.5 Å². The summed E-state index contributed by atoms with van der Waals surface area (Å²) in [5.41, 5.74) is 6.17. The minimum absolute atomic E-state index is 0.0152. The Bertz CT molecular complexity index is 391. The fraction of sp³-hybridized carbons (Fsp3) is 0.600. The molecule has 0 bridgehead atoms. The Balaban J connectivity index is 1.79. The maximum absolute atomic E-state index is 13.4. The SMILES string of the molecule is CCN1CCC(C(N)COc2ccccc2F)CC1. The predicted octanol–water partition coefficient (Wildman–Crippen LogP) is 2.26. The molecule has 1 saturated heterocycles. The van der Waals surface area contributed by atoms with Gasteiger partial charge in [0.05, 0.1) is 0 Å². The van der Waals surface area contributed by atoms with Crippen LogP contribution in [0.5, 0.6) is 5.75 Å². The summed E-state index contributed by atoms with van der Waals surface area (Å²) < 4.78 is 18.9. The highest BCUT2D eigenvalue weighted by atomic mass is 19.1. The van der Waals surface area contributed by atoms with Crippen LogP contribution in [0.1, 0.15) is 19.8 Å². The second kappa shape index (κ2) is 6.87. The van der Waals surface area contributed by atoms with E-state index in [4.69, 9.17) is 10.5 Å². The Hall–Kier alpha value is -1.13. The molecular weight excluding hydrogens is 243 g/mol. The number of nitrogens with zero attached hydrogens (tertiary/aromatic N) is 1. The molecule has 19 heavy (non-hydrogen) atoms. The van der Waals surface area contributed by atoms with Crippen molar-refractivity contribution < 1.29 is 9.13 Å². The van der Waals surface area contributed by atoms with Gasteiger partial charge in [-0.1, -0.05) is 19.1 Å². The third-order valence-electron chi connectivity index (χ3n) is 3.95. The standard InChI is InChI=1S/C15H23FN2O/c1-2-18-9-7-12(8-10-18)14(17)11-19-15-6-4-3-5-13(15)16/h3-6,12,14H,2,7-11,17H2,1H3. The first-order chi connectivity index (χ1) is 9.20. The average molecular weight is 266 g/mol. The number of ether oxygens (including phenoxy) is 1. The highest BCUT2D eigenvalue weighted by Gasteiger charge is 2.24. The van der Waals surface area contributed by atoms with E-state index in [0.29, 0.717) is 18.3 Å². The van der Waals surface area contributed by atoms with Crippen LogP contribution in [0.4, 0.5) is 4.39 Å². The molecule has 106 valence electrons. The molecule has 0 amide bonds. The van der Waals surface area contributed by atoms with Gasteiger partial charge in [0.25, 0.3) is 0 Å². The second-order valence-electron chi connectivity index (χ2n) is 5.18. The van der Waals surface area contributed by atoms with Gasteiger partial charge in [-0.2, -0.15) is 0 Å². The second-order valence-corrected chi connectivity index (χ2v) is 5.18. The molecule has 0 aliphatic carbocycles. The van der Waals surface area contributed by atoms with Crippen molar-refractivity contribution >= 4 is 0 Å². The number of nitrogens with two attached hydrogens (primary N) is 1. The Morgan fingerprint density at radius 1 is 1.37 bits per heavy atom. The predicted molar refractivity (Wildman–Crippen MR) is 74.7 cm³/mol. The first-order valence-electron chi connectivity index (χ1n) is 7.06. The lowest BCUT2D eigenvalue weighted by Gasteiger charge is -2.33. The van der Waals surface area contributed by atoms with Crippen molar-refractivity contribution in [1.82, 2.24) is 4.90 Å². The molecule has 1 fully saturated rings. The molecule has 0 aromatic heterocycles. The molecule has 1 aromatic carbocycles. The molecule has 1 heterocycles. The van der Waals surface area contributed by atoms with Crippen molar-refractivity contribution in [3.63, 3.8) is 0 Å². The summed E-state index contributed by atoms with van der Waals surface area (Å²) in [7, 11) is 0. The Kier molecular flexibility index (Phi) is 5.16. The number of piperidine rings is 1. The molecule has 2 N–H and O–H groups in total. The van der Waals surface area contributed by atoms with Gasteiger partial charge < -0.3 is 15.4 Å². The molecule has 1 atom stereocenters. The van der Waals surface area contributed by atoms with Gasteiger partial charge in [0.1, 0.15) is 6.61 Å². The first-order valence-corrected chi connectivity index (χ1v) is 7.06. The summed E-state index contributed by atoms with van der Waals surface area (Å²) in [6, 6.07) is 6.45. The fourth-order valence-corrected chi connectivity index (χ4v) is 2.58. The first kappa shape index (κ1) is 14.3. The lowest BCUT2D eigenvalue weighted by molar-refractivity contribution is 0.150. The molecule has 1 aliphatic heterocycles. The average Bonchev–Trinajstić information content (AvgIpc) is 2.46. The maximum atomic E-state index is 13.4. The molecule has 0 saturated carbocycles. The summed E-state index contributed by atoms with van der Waals surface area (Å²) in [5, 5.41) is 0. The van der Waals surface area contributed by atoms with Crippen LogP contribution >= 0.6 is 0 Å². The van der Waals surface area contributed by atoms with Crippen LogP contribution in [0.2, 0.25) is 0 Å². The van der Waals surface area contributed by atoms with Gasteiger partial charge in [-0.15, -0.1) is 0 Å². The molecule has 0 spiro atoms. The minimum atomic E-state index is -0.324. The number of hydrogen-bond acceptors (Lipinski definition) is 3. The van der Waals surface area contributed by atoms with Crippen LogP contribution in [0.15, 0.2) is 24.3 Å². The number of likely N-dealkylation sites (tertiary alicyclic amines) is 1. The van der Waals surface area contributed by atoms with Gasteiger partial charge in [0, 0.05) is 6.04 Å². The van der Waals surface area contributed by atoms with Crippen LogP contribution in [0.25, 0.3) is 0 Å². The lowest BCUT2D eigenvalue weighted by Crippen LogP contribution is -2.43. The van der Waals surface area contributed by atoms with Crippen molar-refractivity contribution in [2.24, 2.45) is 11.7 Å². The molecular formula is C15H23FN2O. The zero-order valence-electron chi connectivity index (χ0n) is 11.5. The number of halogens is 1. The number of rotatable bonds is 5. The number of benzene rings is 1. The highest BCUT2D eigenvalue weighted by molar-refractivity contribution is 5.23. The highest BCUT2D eigenvalue weighted by Crippen LogP contribution is 2.21. The van der Waals surface area contributed by atoms with Crippen LogP contribution in [-0.2, 0) is 0 Å². The van der Waals surface area contributed by atoms with E-state index in [1.165, 1.54) is 6.07 Å². The zero-order valence-corrected chi connectivity index (χ0v) is 11.5. The van der Waals surface area contributed by atoms with Gasteiger partial charge in [-0.05, 0) is 50.5 Å². The van der Waals surface area contributed by atoms with Crippen molar-refractivity contribution in [1.29, 1.82) is 0 Å². The summed E-state index contributed by atoms with van der Waals surface area (Å²) in [6.07, 6.45) is 2.21. The van der Waals surface area contributed by atoms with E-state index in [9.17, 15) is 4.39 Å². The Labute approximate surface area is 114 Å². The van der Waals surface area contributed by atoms with Gasteiger partial charge in [-0.3, -0.25) is 0 Å². The van der Waals surface area contributed by atoms with E-state index in [0.717, 1.165) is 32.5 Å². The monoisotopic (exact) mass is 266 g/mol. The summed E-state index contributed by atoms with van der Waals surface area (Å²) >= 11 is 0. The molecule has 1 aromatic rings. The molecule has 4 heteroatoms. The van der Waals surface area contributed by atoms with E-state index in [1.807, 2.05) is 0 Å². The van der Waals surface area contributed by atoms with E-state index in [-0.39, 0.29) is 11.9 Å². The Morgan fingerprint density at radius 3 is 2.68 bits per heavy atom. The van der Waals surface area contributed by atoms with E-state index in [2.05, 4.69) is 11.8 Å². The van der Waals surface area contributed by atoms with Gasteiger partial charge in [0.2, 0.25) is 0 Å². The van der Waals surface area contributed by atoms with Crippen molar-refractivity contribution in [3.8, 4) is 5.75 Å². The van der Waals surface area contributed by atoms with Crippen molar-refractivity contribution in [3.05, 3.63) is 30.1 Å². The molecule has 1 aliphatic rings.